The van der Waals surface area contributed by atoms with E-state index in [2.05, 4.69) is 21.4 Å². The molecule has 1 aromatic heterocycles. The third-order valence-corrected chi connectivity index (χ3v) is 4.18. The first kappa shape index (κ1) is 18.2. The predicted octanol–water partition coefficient (Wildman–Crippen LogP) is 3.84. The number of hydrogen-bond acceptors (Lipinski definition) is 5. The van der Waals surface area contributed by atoms with Crippen LogP contribution in [-0.4, -0.2) is 34.8 Å². The Labute approximate surface area is 154 Å². The fourth-order valence-electron chi connectivity index (χ4n) is 2.99. The average molecular weight is 355 g/mol. The maximum atomic E-state index is 12.0. The van der Waals surface area contributed by atoms with Crippen molar-refractivity contribution in [3.63, 3.8) is 0 Å². The Bertz CT molecular complexity index is 782. The quantitative estimate of drug-likeness (QED) is 0.905. The molecule has 1 aliphatic rings. The van der Waals surface area contributed by atoms with Crippen molar-refractivity contribution in [2.24, 2.45) is 0 Å². The maximum Gasteiger partial charge on any atom is 0.407 e. The van der Waals surface area contributed by atoms with E-state index in [0.29, 0.717) is 13.2 Å². The van der Waals surface area contributed by atoms with Gasteiger partial charge in [-0.2, -0.15) is 0 Å². The predicted molar refractivity (Wildman–Crippen MR) is 99.3 cm³/mol. The summed E-state index contributed by atoms with van der Waals surface area (Å²) in [4.78, 5) is 20.5. The number of amides is 1. The average Bonchev–Trinajstić information content (AvgIpc) is 2.58. The van der Waals surface area contributed by atoms with E-state index in [1.165, 1.54) is 0 Å². The molecule has 0 saturated carbocycles. The van der Waals surface area contributed by atoms with Crippen LogP contribution in [0.5, 0.6) is 5.75 Å². The lowest BCUT2D eigenvalue weighted by atomic mass is 9.90. The van der Waals surface area contributed by atoms with Crippen molar-refractivity contribution in [1.82, 2.24) is 15.3 Å². The minimum atomic E-state index is -0.504. The van der Waals surface area contributed by atoms with Crippen molar-refractivity contribution < 1.29 is 14.3 Å². The molecule has 1 aliphatic heterocycles. The molecular formula is C20H25N3O3. The molecule has 1 N–H and O–H groups in total. The van der Waals surface area contributed by atoms with Crippen molar-refractivity contribution in [3.05, 3.63) is 42.0 Å². The van der Waals surface area contributed by atoms with Crippen molar-refractivity contribution in [2.45, 2.75) is 45.6 Å². The molecule has 1 aromatic carbocycles. The van der Waals surface area contributed by atoms with E-state index in [-0.39, 0.29) is 5.92 Å². The highest BCUT2D eigenvalue weighted by Crippen LogP contribution is 2.40. The Morgan fingerprint density at radius 1 is 1.31 bits per heavy atom. The summed E-state index contributed by atoms with van der Waals surface area (Å²) in [6, 6.07) is 6.06. The van der Waals surface area contributed by atoms with Gasteiger partial charge in [-0.1, -0.05) is 18.2 Å². The van der Waals surface area contributed by atoms with Gasteiger partial charge in [0.1, 0.15) is 17.2 Å². The van der Waals surface area contributed by atoms with E-state index in [0.717, 1.165) is 34.7 Å². The van der Waals surface area contributed by atoms with Crippen molar-refractivity contribution >= 4 is 6.09 Å². The van der Waals surface area contributed by atoms with Crippen LogP contribution in [0.15, 0.2) is 30.6 Å². The van der Waals surface area contributed by atoms with Gasteiger partial charge in [0.2, 0.25) is 0 Å². The summed E-state index contributed by atoms with van der Waals surface area (Å²) in [6.07, 6.45) is 4.07. The summed E-state index contributed by atoms with van der Waals surface area (Å²) in [7, 11) is 0. The van der Waals surface area contributed by atoms with E-state index < -0.39 is 11.7 Å². The SMILES string of the molecule is Cc1ncc(-c2cccc3c2OCC[C@H]3CNC(=O)OC(C)(C)C)cn1. The van der Waals surface area contributed by atoms with Gasteiger partial charge in [-0.15, -0.1) is 0 Å². The van der Waals surface area contributed by atoms with Gasteiger partial charge in [0, 0.05) is 36.0 Å². The second-order valence-electron chi connectivity index (χ2n) is 7.46. The van der Waals surface area contributed by atoms with Crippen LogP contribution >= 0.6 is 0 Å². The lowest BCUT2D eigenvalue weighted by Crippen LogP contribution is -2.35. The number of carbonyl (C=O) groups excluding carboxylic acids is 1. The molecule has 0 fully saturated rings. The molecule has 138 valence electrons. The number of nitrogens with one attached hydrogen (secondary N) is 1. The summed E-state index contributed by atoms with van der Waals surface area (Å²) in [6.45, 7) is 8.54. The lowest BCUT2D eigenvalue weighted by Gasteiger charge is -2.28. The number of alkyl carbamates (subject to hydrolysis) is 1. The number of benzene rings is 1. The van der Waals surface area contributed by atoms with Crippen LogP contribution in [0.2, 0.25) is 0 Å². The van der Waals surface area contributed by atoms with Gasteiger partial charge in [-0.25, -0.2) is 14.8 Å². The molecule has 2 aromatic rings. The first-order valence-corrected chi connectivity index (χ1v) is 8.85. The summed E-state index contributed by atoms with van der Waals surface area (Å²) in [5.74, 6) is 1.76. The second kappa shape index (κ2) is 7.32. The molecule has 6 heteroatoms. The lowest BCUT2D eigenvalue weighted by molar-refractivity contribution is 0.0521. The zero-order valence-electron chi connectivity index (χ0n) is 15.7. The highest BCUT2D eigenvalue weighted by molar-refractivity contribution is 5.72. The molecule has 0 unspecified atom stereocenters. The maximum absolute atomic E-state index is 12.0. The van der Waals surface area contributed by atoms with Gasteiger partial charge in [0.15, 0.2) is 0 Å². The number of carbonyl (C=O) groups is 1. The number of aryl methyl sites for hydroxylation is 1. The van der Waals surface area contributed by atoms with E-state index in [9.17, 15) is 4.79 Å². The van der Waals surface area contributed by atoms with Gasteiger partial charge in [0.25, 0.3) is 0 Å². The van der Waals surface area contributed by atoms with Crippen molar-refractivity contribution in [1.29, 1.82) is 0 Å². The minimum Gasteiger partial charge on any atom is -0.493 e. The zero-order chi connectivity index (χ0) is 18.7. The highest BCUT2D eigenvalue weighted by atomic mass is 16.6. The molecule has 6 nitrogen and oxygen atoms in total. The Morgan fingerprint density at radius 2 is 2.04 bits per heavy atom. The van der Waals surface area contributed by atoms with E-state index in [1.54, 1.807) is 0 Å². The fraction of sp³-hybridized carbons (Fsp3) is 0.450. The third-order valence-electron chi connectivity index (χ3n) is 4.18. The van der Waals surface area contributed by atoms with Crippen LogP contribution in [0.25, 0.3) is 11.1 Å². The molecule has 1 atom stereocenters. The Hall–Kier alpha value is -2.63. The third kappa shape index (κ3) is 4.31. The monoisotopic (exact) mass is 355 g/mol. The molecule has 0 saturated heterocycles. The summed E-state index contributed by atoms with van der Waals surface area (Å²) >= 11 is 0. The minimum absolute atomic E-state index is 0.178. The number of ether oxygens (including phenoxy) is 2. The van der Waals surface area contributed by atoms with Crippen LogP contribution in [0, 0.1) is 6.92 Å². The molecule has 3 rings (SSSR count). The second-order valence-corrected chi connectivity index (χ2v) is 7.46. The normalized spacial score (nSPS) is 16.4. The molecule has 0 spiro atoms. The Morgan fingerprint density at radius 3 is 2.73 bits per heavy atom. The number of hydrogen-bond donors (Lipinski definition) is 1. The first-order valence-electron chi connectivity index (χ1n) is 8.85. The van der Waals surface area contributed by atoms with E-state index in [1.807, 2.05) is 52.2 Å². The molecule has 0 radical (unpaired) electrons. The van der Waals surface area contributed by atoms with Crippen LogP contribution in [0.4, 0.5) is 4.79 Å². The number of aromatic nitrogens is 2. The summed E-state index contributed by atoms with van der Waals surface area (Å²) in [5.41, 5.74) is 2.49. The van der Waals surface area contributed by atoms with E-state index in [4.69, 9.17) is 9.47 Å². The van der Waals surface area contributed by atoms with Crippen LogP contribution in [0.3, 0.4) is 0 Å². The number of nitrogens with zero attached hydrogens (tertiary/aromatic N) is 2. The van der Waals surface area contributed by atoms with Gasteiger partial charge in [0.05, 0.1) is 6.61 Å². The highest BCUT2D eigenvalue weighted by Gasteiger charge is 2.25. The number of fused-ring (bicyclic) bond motifs is 1. The van der Waals surface area contributed by atoms with Gasteiger partial charge >= 0.3 is 6.09 Å². The molecule has 0 bridgehead atoms. The molecular weight excluding hydrogens is 330 g/mol. The van der Waals surface area contributed by atoms with Crippen molar-refractivity contribution in [2.75, 3.05) is 13.2 Å². The van der Waals surface area contributed by atoms with Gasteiger partial charge < -0.3 is 14.8 Å². The molecule has 26 heavy (non-hydrogen) atoms. The topological polar surface area (TPSA) is 73.3 Å². The van der Waals surface area contributed by atoms with Crippen LogP contribution < -0.4 is 10.1 Å². The first-order chi connectivity index (χ1) is 12.3. The van der Waals surface area contributed by atoms with Crippen molar-refractivity contribution in [3.8, 4) is 16.9 Å². The zero-order valence-corrected chi connectivity index (χ0v) is 15.7. The largest absolute Gasteiger partial charge is 0.493 e. The molecule has 0 aliphatic carbocycles. The number of rotatable bonds is 3. The van der Waals surface area contributed by atoms with Gasteiger partial charge in [-0.05, 0) is 39.7 Å². The fourth-order valence-corrected chi connectivity index (χ4v) is 2.99. The van der Waals surface area contributed by atoms with Crippen LogP contribution in [-0.2, 0) is 4.74 Å². The smallest absolute Gasteiger partial charge is 0.407 e. The van der Waals surface area contributed by atoms with E-state index >= 15 is 0 Å². The summed E-state index contributed by atoms with van der Waals surface area (Å²) in [5, 5.41) is 2.88. The number of para-hydroxylation sites is 1. The summed E-state index contributed by atoms with van der Waals surface area (Å²) < 4.78 is 11.3. The molecule has 2 heterocycles. The Kier molecular flexibility index (Phi) is 5.11. The standard InChI is InChI=1S/C20H25N3O3/c1-13-21-11-15(12-22-13)17-7-5-6-16-14(8-9-25-18(16)17)10-23-19(24)26-20(2,3)4/h5-7,11-12,14H,8-10H2,1-4H3,(H,23,24)/t14-/m0/s1. The van der Waals surface area contributed by atoms with Crippen LogP contribution in [0.1, 0.15) is 44.5 Å². The Balaban J connectivity index is 1.79. The molecule has 1 amide bonds. The van der Waals surface area contributed by atoms with Gasteiger partial charge in [-0.3, -0.25) is 0 Å².